The molecule has 0 saturated heterocycles. The molecule has 0 aliphatic carbocycles. The van der Waals surface area contributed by atoms with Crippen LogP contribution in [0.2, 0.25) is 0 Å². The monoisotopic (exact) mass is 440 g/mol. The molecule has 0 spiro atoms. The van der Waals surface area contributed by atoms with Crippen molar-refractivity contribution >= 4 is 37.2 Å². The molecule has 0 N–H and O–H groups in total. The van der Waals surface area contributed by atoms with E-state index in [0.29, 0.717) is 13.3 Å². The summed E-state index contributed by atoms with van der Waals surface area (Å²) in [5.41, 5.74) is 0. The van der Waals surface area contributed by atoms with Crippen molar-refractivity contribution in [2.75, 3.05) is 21.1 Å². The molecule has 0 heterocycles. The number of halogens is 3. The first-order valence-corrected chi connectivity index (χ1v) is 14.2. The molecule has 0 aliphatic heterocycles. The van der Waals surface area contributed by atoms with Gasteiger partial charge >= 0.3 is 50.5 Å². The Hall–Kier alpha value is 2.15. The molecule has 0 amide bonds. The summed E-state index contributed by atoms with van der Waals surface area (Å²) < 4.78 is 0. The average molecular weight is 440 g/mol. The van der Waals surface area contributed by atoms with Crippen molar-refractivity contribution in [1.82, 2.24) is 4.90 Å². The first-order valence-electron chi connectivity index (χ1n) is 1.63. The third-order valence-corrected chi connectivity index (χ3v) is 0. The van der Waals surface area contributed by atoms with E-state index in [2.05, 4.69) is 37.2 Å². The fourth-order valence-electron chi connectivity index (χ4n) is 0. The van der Waals surface area contributed by atoms with Gasteiger partial charge in [0.15, 0.2) is 0 Å². The number of hydrogen-bond acceptors (Lipinski definition) is 1. The summed E-state index contributed by atoms with van der Waals surface area (Å²) in [5.74, 6) is 0. The molecule has 0 fully saturated rings. The van der Waals surface area contributed by atoms with Crippen LogP contribution in [0.4, 0.5) is 0 Å². The van der Waals surface area contributed by atoms with E-state index in [0.717, 1.165) is 0 Å². The summed E-state index contributed by atoms with van der Waals surface area (Å²) in [5, 5.41) is 0. The SMILES string of the molecule is CN(C)C.I[I-]I. The minimum absolute atomic E-state index is 0.530. The molecule has 0 unspecified atom stereocenters. The van der Waals surface area contributed by atoms with Crippen LogP contribution in [0.3, 0.4) is 0 Å². The summed E-state index contributed by atoms with van der Waals surface area (Å²) in [6.07, 6.45) is 0. The van der Waals surface area contributed by atoms with Crippen LogP contribution in [0.5, 0.6) is 0 Å². The van der Waals surface area contributed by atoms with E-state index in [1.165, 1.54) is 0 Å². The normalized spacial score (nSPS) is 8.29. The van der Waals surface area contributed by atoms with Crippen LogP contribution >= 0.6 is 37.2 Å². The summed E-state index contributed by atoms with van der Waals surface area (Å²) in [7, 11) is 6.00. The predicted octanol–water partition coefficient (Wildman–Crippen LogP) is -1.05. The zero-order valence-corrected chi connectivity index (χ0v) is 11.1. The van der Waals surface area contributed by atoms with Crippen molar-refractivity contribution in [3.63, 3.8) is 0 Å². The predicted molar refractivity (Wildman–Crippen MR) is 47.7 cm³/mol. The molecule has 0 aromatic rings. The zero-order valence-electron chi connectivity index (χ0n) is 4.58. The quantitative estimate of drug-likeness (QED) is 0.436. The van der Waals surface area contributed by atoms with E-state index in [4.69, 9.17) is 0 Å². The third-order valence-electron chi connectivity index (χ3n) is 0. The van der Waals surface area contributed by atoms with Crippen LogP contribution in [-0.2, 0) is 0 Å². The van der Waals surface area contributed by atoms with Crippen molar-refractivity contribution in [3.8, 4) is 0 Å². The van der Waals surface area contributed by atoms with E-state index in [1.807, 2.05) is 26.0 Å². The maximum absolute atomic E-state index is 2.39. The van der Waals surface area contributed by atoms with Crippen LogP contribution in [0.25, 0.3) is 0 Å². The van der Waals surface area contributed by atoms with Gasteiger partial charge in [-0.1, -0.05) is 0 Å². The van der Waals surface area contributed by atoms with Gasteiger partial charge in [0.1, 0.15) is 0 Å². The molecular formula is C3H9I3N-. The Morgan fingerprint density at radius 1 is 1.14 bits per heavy atom. The first-order chi connectivity index (χ1) is 3.15. The standard InChI is InChI=1S/C3H9N.I3/c1-4(2)3;1-3-2/h1-3H3;/q;-1. The van der Waals surface area contributed by atoms with Crippen molar-refractivity contribution in [2.45, 2.75) is 0 Å². The average Bonchev–Trinajstić information content (AvgIpc) is 1.33. The van der Waals surface area contributed by atoms with Gasteiger partial charge < -0.3 is 4.90 Å². The Bertz CT molecular complexity index is 21.4. The van der Waals surface area contributed by atoms with Gasteiger partial charge in [-0.05, 0) is 21.1 Å². The van der Waals surface area contributed by atoms with E-state index in [1.54, 1.807) is 0 Å². The Morgan fingerprint density at radius 2 is 1.14 bits per heavy atom. The van der Waals surface area contributed by atoms with E-state index in [9.17, 15) is 0 Å². The first kappa shape index (κ1) is 11.9. The molecule has 0 bridgehead atoms. The number of hydrogen-bond donors (Lipinski definition) is 0. The summed E-state index contributed by atoms with van der Waals surface area (Å²) in [4.78, 5) is 2.00. The van der Waals surface area contributed by atoms with Gasteiger partial charge in [0.05, 0.1) is 0 Å². The van der Waals surface area contributed by atoms with Crippen LogP contribution in [0.1, 0.15) is 0 Å². The topological polar surface area (TPSA) is 3.24 Å². The van der Waals surface area contributed by atoms with E-state index in [-0.39, 0.29) is 0 Å². The molecule has 0 aromatic carbocycles. The molecule has 7 heavy (non-hydrogen) atoms. The van der Waals surface area contributed by atoms with E-state index < -0.39 is 0 Å². The second kappa shape index (κ2) is 11.0. The Kier molecular flexibility index (Phi) is 18.7. The molecule has 0 aromatic heterocycles. The van der Waals surface area contributed by atoms with Crippen LogP contribution < -0.4 is 13.3 Å². The molecule has 0 radical (unpaired) electrons. The molecule has 0 aliphatic rings. The summed E-state index contributed by atoms with van der Waals surface area (Å²) in [6, 6.07) is 0. The second-order valence-corrected chi connectivity index (χ2v) is 17.6. The van der Waals surface area contributed by atoms with Gasteiger partial charge in [0, 0.05) is 0 Å². The maximum atomic E-state index is 2.39. The number of nitrogens with zero attached hydrogens (tertiary/aromatic N) is 1. The fraction of sp³-hybridized carbons (Fsp3) is 1.00. The van der Waals surface area contributed by atoms with Gasteiger partial charge in [-0.2, -0.15) is 0 Å². The van der Waals surface area contributed by atoms with Crippen molar-refractivity contribution in [3.05, 3.63) is 0 Å². The number of rotatable bonds is 0. The fourth-order valence-corrected chi connectivity index (χ4v) is 0. The van der Waals surface area contributed by atoms with Gasteiger partial charge in [-0.25, -0.2) is 0 Å². The van der Waals surface area contributed by atoms with Gasteiger partial charge in [-0.3, -0.25) is 0 Å². The molecule has 0 rings (SSSR count). The Morgan fingerprint density at radius 3 is 1.14 bits per heavy atom. The zero-order chi connectivity index (χ0) is 6.28. The van der Waals surface area contributed by atoms with Crippen molar-refractivity contribution < 1.29 is 13.3 Å². The minimum atomic E-state index is 0.530. The van der Waals surface area contributed by atoms with E-state index >= 15 is 0 Å². The van der Waals surface area contributed by atoms with Gasteiger partial charge in [0.25, 0.3) is 0 Å². The molecule has 0 atom stereocenters. The van der Waals surface area contributed by atoms with Gasteiger partial charge in [0.2, 0.25) is 0 Å². The molecule has 1 nitrogen and oxygen atoms in total. The van der Waals surface area contributed by atoms with Gasteiger partial charge in [-0.15, -0.1) is 0 Å². The molecule has 0 saturated carbocycles. The molecule has 48 valence electrons. The van der Waals surface area contributed by atoms with Crippen molar-refractivity contribution in [1.29, 1.82) is 0 Å². The summed E-state index contributed by atoms with van der Waals surface area (Å²) in [6.45, 7) is 0. The van der Waals surface area contributed by atoms with Crippen molar-refractivity contribution in [2.24, 2.45) is 0 Å². The second-order valence-electron chi connectivity index (χ2n) is 1.40. The molecular weight excluding hydrogens is 431 g/mol. The van der Waals surface area contributed by atoms with Crippen LogP contribution in [-0.4, -0.2) is 26.0 Å². The third kappa shape index (κ3) is 66.7. The Labute approximate surface area is 75.2 Å². The van der Waals surface area contributed by atoms with Crippen LogP contribution in [0.15, 0.2) is 0 Å². The molecule has 4 heteroatoms. The summed E-state index contributed by atoms with van der Waals surface area (Å²) >= 11 is 5.30. The Balaban J connectivity index is 0. The van der Waals surface area contributed by atoms with Crippen LogP contribution in [0, 0.1) is 0 Å².